The highest BCUT2D eigenvalue weighted by atomic mass is 79.9. The number of hydrogen-bond donors (Lipinski definition) is 0. The molecule has 0 bridgehead atoms. The van der Waals surface area contributed by atoms with E-state index in [0.717, 1.165) is 41.8 Å². The molecule has 0 atom stereocenters. The van der Waals surface area contributed by atoms with Crippen molar-refractivity contribution >= 4 is 27.5 Å². The lowest BCUT2D eigenvalue weighted by atomic mass is 10.1. The van der Waals surface area contributed by atoms with Crippen LogP contribution in [-0.4, -0.2) is 19.3 Å². The van der Waals surface area contributed by atoms with Crippen LogP contribution in [0.15, 0.2) is 22.7 Å². The van der Waals surface area contributed by atoms with Crippen LogP contribution in [0, 0.1) is 0 Å². The van der Waals surface area contributed by atoms with Crippen molar-refractivity contribution in [2.24, 2.45) is 0 Å². The summed E-state index contributed by atoms with van der Waals surface area (Å²) in [5.41, 5.74) is 1.03. The fourth-order valence-corrected chi connectivity index (χ4v) is 2.36. The van der Waals surface area contributed by atoms with Crippen LogP contribution in [0.2, 0.25) is 0 Å². The summed E-state index contributed by atoms with van der Waals surface area (Å²) in [7, 11) is 0. The topological polar surface area (TPSA) is 18.5 Å². The van der Waals surface area contributed by atoms with Gasteiger partial charge >= 0.3 is 0 Å². The molecule has 1 aromatic rings. The van der Waals surface area contributed by atoms with Gasteiger partial charge in [-0.15, -0.1) is 11.6 Å². The summed E-state index contributed by atoms with van der Waals surface area (Å²) in [6.45, 7) is 1.58. The lowest BCUT2D eigenvalue weighted by Crippen LogP contribution is -2.26. The summed E-state index contributed by atoms with van der Waals surface area (Å²) in [5.74, 6) is 1.36. The summed E-state index contributed by atoms with van der Waals surface area (Å²) in [5, 5.41) is 0. The normalized spacial score (nSPS) is 17.4. The zero-order chi connectivity index (χ0) is 11.4. The third-order valence-corrected chi connectivity index (χ3v) is 3.41. The van der Waals surface area contributed by atoms with Crippen LogP contribution in [-0.2, 0) is 10.6 Å². The Balaban J connectivity index is 2.07. The molecule has 1 fully saturated rings. The molecule has 88 valence electrons. The van der Waals surface area contributed by atoms with Crippen LogP contribution >= 0.6 is 27.5 Å². The highest BCUT2D eigenvalue weighted by molar-refractivity contribution is 9.10. The van der Waals surface area contributed by atoms with Crippen molar-refractivity contribution in [2.45, 2.75) is 24.8 Å². The predicted molar refractivity (Wildman–Crippen MR) is 68.2 cm³/mol. The van der Waals surface area contributed by atoms with Crippen LogP contribution < -0.4 is 4.74 Å². The molecule has 2 nitrogen and oxygen atoms in total. The van der Waals surface area contributed by atoms with Gasteiger partial charge in [0, 0.05) is 22.9 Å². The van der Waals surface area contributed by atoms with E-state index in [1.165, 1.54) is 0 Å². The maximum Gasteiger partial charge on any atom is 0.124 e. The van der Waals surface area contributed by atoms with Gasteiger partial charge in [0.15, 0.2) is 0 Å². The van der Waals surface area contributed by atoms with E-state index in [1.807, 2.05) is 18.2 Å². The number of rotatable bonds is 3. The zero-order valence-corrected chi connectivity index (χ0v) is 11.3. The van der Waals surface area contributed by atoms with Crippen molar-refractivity contribution in [3.8, 4) is 5.75 Å². The van der Waals surface area contributed by atoms with Crippen molar-refractivity contribution in [3.63, 3.8) is 0 Å². The van der Waals surface area contributed by atoms with Gasteiger partial charge in [-0.3, -0.25) is 0 Å². The highest BCUT2D eigenvalue weighted by Gasteiger charge is 2.16. The van der Waals surface area contributed by atoms with Crippen LogP contribution in [0.5, 0.6) is 5.75 Å². The first kappa shape index (κ1) is 12.2. The van der Waals surface area contributed by atoms with E-state index in [4.69, 9.17) is 21.1 Å². The number of halogens is 2. The lowest BCUT2D eigenvalue weighted by molar-refractivity contribution is 0.0252. The van der Waals surface area contributed by atoms with Gasteiger partial charge in [-0.2, -0.15) is 0 Å². The van der Waals surface area contributed by atoms with Crippen LogP contribution in [0.3, 0.4) is 0 Å². The quantitative estimate of drug-likeness (QED) is 0.792. The second kappa shape index (κ2) is 5.89. The zero-order valence-electron chi connectivity index (χ0n) is 8.92. The second-order valence-electron chi connectivity index (χ2n) is 3.82. The fourth-order valence-electron chi connectivity index (χ4n) is 1.74. The Kier molecular flexibility index (Phi) is 4.50. The molecule has 1 aliphatic heterocycles. The van der Waals surface area contributed by atoms with Gasteiger partial charge in [-0.25, -0.2) is 0 Å². The van der Waals surface area contributed by atoms with E-state index in [0.29, 0.717) is 5.88 Å². The second-order valence-corrected chi connectivity index (χ2v) is 5.00. The van der Waals surface area contributed by atoms with Gasteiger partial charge in [-0.05, 0) is 18.2 Å². The van der Waals surface area contributed by atoms with Crippen LogP contribution in [0.25, 0.3) is 0 Å². The van der Waals surface area contributed by atoms with Crippen LogP contribution in [0.4, 0.5) is 0 Å². The Bertz CT molecular complexity index is 351. The highest BCUT2D eigenvalue weighted by Crippen LogP contribution is 2.27. The minimum absolute atomic E-state index is 0.261. The van der Waals surface area contributed by atoms with E-state index in [1.54, 1.807) is 0 Å². The first-order valence-corrected chi connectivity index (χ1v) is 6.71. The van der Waals surface area contributed by atoms with Crippen molar-refractivity contribution in [1.29, 1.82) is 0 Å². The number of alkyl halides is 1. The molecule has 16 heavy (non-hydrogen) atoms. The van der Waals surface area contributed by atoms with Gasteiger partial charge in [0.25, 0.3) is 0 Å². The first-order chi connectivity index (χ1) is 7.79. The summed E-state index contributed by atoms with van der Waals surface area (Å²) < 4.78 is 12.3. The van der Waals surface area contributed by atoms with E-state index in [-0.39, 0.29) is 6.10 Å². The lowest BCUT2D eigenvalue weighted by Gasteiger charge is -2.24. The summed E-state index contributed by atoms with van der Waals surface area (Å²) >= 11 is 9.32. The minimum atomic E-state index is 0.261. The molecular formula is C12H14BrClO2. The van der Waals surface area contributed by atoms with Crippen molar-refractivity contribution in [1.82, 2.24) is 0 Å². The summed E-state index contributed by atoms with van der Waals surface area (Å²) in [6.07, 6.45) is 2.17. The molecule has 0 aliphatic carbocycles. The Labute approximate surface area is 109 Å². The molecule has 0 amide bonds. The van der Waals surface area contributed by atoms with Crippen LogP contribution in [0.1, 0.15) is 18.4 Å². The number of ether oxygens (including phenoxy) is 2. The molecular weight excluding hydrogens is 291 g/mol. The SMILES string of the molecule is ClCc1cc(Br)ccc1OC1CCOCC1. The third kappa shape index (κ3) is 3.12. The summed E-state index contributed by atoms with van der Waals surface area (Å²) in [4.78, 5) is 0. The molecule has 1 heterocycles. The van der Waals surface area contributed by atoms with Gasteiger partial charge in [0.2, 0.25) is 0 Å². The molecule has 0 aromatic heterocycles. The molecule has 0 unspecified atom stereocenters. The van der Waals surface area contributed by atoms with Crippen molar-refractivity contribution in [3.05, 3.63) is 28.2 Å². The molecule has 0 spiro atoms. The maximum atomic E-state index is 5.95. The van der Waals surface area contributed by atoms with Gasteiger partial charge in [0.1, 0.15) is 11.9 Å². The average molecular weight is 306 g/mol. The summed E-state index contributed by atoms with van der Waals surface area (Å²) in [6, 6.07) is 5.95. The molecule has 0 radical (unpaired) electrons. The maximum absolute atomic E-state index is 5.95. The number of benzene rings is 1. The molecule has 1 saturated heterocycles. The third-order valence-electron chi connectivity index (χ3n) is 2.63. The first-order valence-electron chi connectivity index (χ1n) is 5.38. The smallest absolute Gasteiger partial charge is 0.124 e. The molecule has 4 heteroatoms. The van der Waals surface area contributed by atoms with Gasteiger partial charge in [0.05, 0.1) is 19.1 Å². The molecule has 0 N–H and O–H groups in total. The largest absolute Gasteiger partial charge is 0.490 e. The van der Waals surface area contributed by atoms with E-state index >= 15 is 0 Å². The number of hydrogen-bond acceptors (Lipinski definition) is 2. The van der Waals surface area contributed by atoms with Gasteiger partial charge in [-0.1, -0.05) is 15.9 Å². The Morgan fingerprint density at radius 3 is 2.81 bits per heavy atom. The molecule has 0 saturated carbocycles. The monoisotopic (exact) mass is 304 g/mol. The molecule has 1 aromatic carbocycles. The predicted octanol–water partition coefficient (Wildman–Crippen LogP) is 3.75. The van der Waals surface area contributed by atoms with E-state index in [9.17, 15) is 0 Å². The van der Waals surface area contributed by atoms with Crippen molar-refractivity contribution in [2.75, 3.05) is 13.2 Å². The fraction of sp³-hybridized carbons (Fsp3) is 0.500. The molecule has 1 aliphatic rings. The Morgan fingerprint density at radius 1 is 1.38 bits per heavy atom. The minimum Gasteiger partial charge on any atom is -0.490 e. The Hall–Kier alpha value is -0.250. The Morgan fingerprint density at radius 2 is 2.12 bits per heavy atom. The van der Waals surface area contributed by atoms with E-state index < -0.39 is 0 Å². The van der Waals surface area contributed by atoms with E-state index in [2.05, 4.69) is 15.9 Å². The van der Waals surface area contributed by atoms with Gasteiger partial charge < -0.3 is 9.47 Å². The molecule has 2 rings (SSSR count). The average Bonchev–Trinajstić information content (AvgIpc) is 2.33. The standard InChI is InChI=1S/C12H14BrClO2/c13-10-1-2-12(9(7-10)8-14)16-11-3-5-15-6-4-11/h1-2,7,11H,3-6,8H2. The van der Waals surface area contributed by atoms with Crippen molar-refractivity contribution < 1.29 is 9.47 Å².